The summed E-state index contributed by atoms with van der Waals surface area (Å²) in [5.41, 5.74) is -0.0390. The van der Waals surface area contributed by atoms with Crippen LogP contribution in [0.2, 0.25) is 0 Å². The third-order valence-corrected chi connectivity index (χ3v) is 4.08. The summed E-state index contributed by atoms with van der Waals surface area (Å²) in [5, 5.41) is 0. The van der Waals surface area contributed by atoms with Crippen molar-refractivity contribution < 1.29 is 18.0 Å². The molecule has 7 heteroatoms. The van der Waals surface area contributed by atoms with Gasteiger partial charge in [-0.2, -0.15) is 13.2 Å². The highest BCUT2D eigenvalue weighted by Gasteiger charge is 2.37. The quantitative estimate of drug-likeness (QED) is 0.783. The zero-order chi connectivity index (χ0) is 18.4. The molecule has 1 amide bonds. The van der Waals surface area contributed by atoms with Crippen molar-refractivity contribution in [1.82, 2.24) is 14.9 Å². The zero-order valence-corrected chi connectivity index (χ0v) is 14.2. The smallest absolute Gasteiger partial charge is 0.328 e. The van der Waals surface area contributed by atoms with E-state index in [-0.39, 0.29) is 24.1 Å². The molecule has 0 fully saturated rings. The van der Waals surface area contributed by atoms with Crippen LogP contribution < -0.4 is 0 Å². The molecule has 0 atom stereocenters. The van der Waals surface area contributed by atoms with Gasteiger partial charge in [-0.25, -0.2) is 9.97 Å². The van der Waals surface area contributed by atoms with E-state index in [1.54, 1.807) is 6.20 Å². The maximum absolute atomic E-state index is 13.1. The fourth-order valence-electron chi connectivity index (χ4n) is 2.75. The molecule has 132 valence electrons. The first-order chi connectivity index (χ1) is 11.6. The first-order valence-electron chi connectivity index (χ1n) is 7.88. The van der Waals surface area contributed by atoms with Gasteiger partial charge in [-0.3, -0.25) is 4.79 Å². The summed E-state index contributed by atoms with van der Waals surface area (Å²) >= 11 is 0. The predicted octanol–water partition coefficient (Wildman–Crippen LogP) is 3.95. The molecule has 25 heavy (non-hydrogen) atoms. The van der Waals surface area contributed by atoms with E-state index < -0.39 is 17.6 Å². The lowest BCUT2D eigenvalue weighted by Gasteiger charge is -2.18. The van der Waals surface area contributed by atoms with Crippen molar-refractivity contribution in [2.75, 3.05) is 0 Å². The number of rotatable bonds is 1. The Morgan fingerprint density at radius 3 is 2.44 bits per heavy atom. The molecule has 0 radical (unpaired) electrons. The first kappa shape index (κ1) is 17.4. The van der Waals surface area contributed by atoms with Crippen LogP contribution in [0.25, 0.3) is 0 Å². The standard InChI is InChI=1S/C18H18F3N3O/c1-17(2,3)16-22-8-11-9-24(10-14(11)23-16)15(25)12-6-4-5-7-13(12)18(19,20)21/h4-8H,9-10H2,1-3H3. The van der Waals surface area contributed by atoms with Crippen molar-refractivity contribution >= 4 is 5.91 Å². The summed E-state index contributed by atoms with van der Waals surface area (Å²) in [5.74, 6) is -0.000487. The Kier molecular flexibility index (Phi) is 4.05. The van der Waals surface area contributed by atoms with Gasteiger partial charge in [0.25, 0.3) is 5.91 Å². The van der Waals surface area contributed by atoms with Crippen LogP contribution in [0.1, 0.15) is 53.8 Å². The van der Waals surface area contributed by atoms with Gasteiger partial charge in [-0.1, -0.05) is 32.9 Å². The molecule has 2 heterocycles. The van der Waals surface area contributed by atoms with Crippen LogP contribution in [-0.4, -0.2) is 20.8 Å². The number of fused-ring (bicyclic) bond motifs is 1. The van der Waals surface area contributed by atoms with E-state index in [2.05, 4.69) is 9.97 Å². The van der Waals surface area contributed by atoms with E-state index in [0.29, 0.717) is 11.5 Å². The fourth-order valence-corrected chi connectivity index (χ4v) is 2.75. The molecule has 1 aromatic heterocycles. The van der Waals surface area contributed by atoms with Crippen molar-refractivity contribution in [3.05, 3.63) is 58.7 Å². The lowest BCUT2D eigenvalue weighted by molar-refractivity contribution is -0.138. The number of amides is 1. The largest absolute Gasteiger partial charge is 0.417 e. The Balaban J connectivity index is 1.89. The van der Waals surface area contributed by atoms with Gasteiger partial charge >= 0.3 is 6.18 Å². The number of carbonyl (C=O) groups excluding carboxylic acids is 1. The summed E-state index contributed by atoms with van der Waals surface area (Å²) in [4.78, 5) is 22.8. The van der Waals surface area contributed by atoms with Crippen molar-refractivity contribution in [3.63, 3.8) is 0 Å². The number of nitrogens with zero attached hydrogens (tertiary/aromatic N) is 3. The van der Waals surface area contributed by atoms with Crippen LogP contribution in [0.4, 0.5) is 13.2 Å². The second kappa shape index (κ2) is 5.82. The number of carbonyl (C=O) groups is 1. The molecule has 1 aliphatic heterocycles. The van der Waals surface area contributed by atoms with E-state index in [1.807, 2.05) is 20.8 Å². The van der Waals surface area contributed by atoms with Gasteiger partial charge in [0.15, 0.2) is 0 Å². The summed E-state index contributed by atoms with van der Waals surface area (Å²) in [6.07, 6.45) is -2.91. The molecule has 1 aliphatic rings. The Labute approximate surface area is 143 Å². The number of hydrogen-bond acceptors (Lipinski definition) is 3. The minimum absolute atomic E-state index is 0.186. The van der Waals surface area contributed by atoms with Gasteiger partial charge in [0, 0.05) is 23.7 Å². The third-order valence-electron chi connectivity index (χ3n) is 4.08. The molecule has 1 aromatic carbocycles. The SMILES string of the molecule is CC(C)(C)c1ncc2c(n1)CN(C(=O)c1ccccc1C(F)(F)F)C2. The molecule has 0 spiro atoms. The maximum atomic E-state index is 13.1. The van der Waals surface area contributed by atoms with Crippen LogP contribution in [0.3, 0.4) is 0 Å². The summed E-state index contributed by atoms with van der Waals surface area (Å²) in [6, 6.07) is 4.84. The first-order valence-corrected chi connectivity index (χ1v) is 7.88. The lowest BCUT2D eigenvalue weighted by Crippen LogP contribution is -2.28. The normalized spacial score (nSPS) is 14.6. The summed E-state index contributed by atoms with van der Waals surface area (Å²) in [6.45, 7) is 6.33. The average molecular weight is 349 g/mol. The molecule has 0 aliphatic carbocycles. The monoisotopic (exact) mass is 349 g/mol. The van der Waals surface area contributed by atoms with Gasteiger partial charge in [0.05, 0.1) is 23.4 Å². The second-order valence-corrected chi connectivity index (χ2v) is 7.12. The Morgan fingerprint density at radius 2 is 1.80 bits per heavy atom. The van der Waals surface area contributed by atoms with Gasteiger partial charge in [-0.05, 0) is 12.1 Å². The highest BCUT2D eigenvalue weighted by molar-refractivity contribution is 5.96. The van der Waals surface area contributed by atoms with Gasteiger partial charge in [0.2, 0.25) is 0 Å². The zero-order valence-electron chi connectivity index (χ0n) is 14.2. The van der Waals surface area contributed by atoms with E-state index in [9.17, 15) is 18.0 Å². The molecule has 3 rings (SSSR count). The molecule has 0 saturated carbocycles. The number of alkyl halides is 3. The van der Waals surface area contributed by atoms with Crippen LogP contribution in [0.15, 0.2) is 30.5 Å². The Hall–Kier alpha value is -2.44. The Bertz CT molecular complexity index is 825. The number of hydrogen-bond donors (Lipinski definition) is 0. The average Bonchev–Trinajstić information content (AvgIpc) is 2.95. The molecule has 0 unspecified atom stereocenters. The molecular formula is C18H18F3N3O. The third kappa shape index (κ3) is 3.36. The molecule has 0 saturated heterocycles. The number of aromatic nitrogens is 2. The number of benzene rings is 1. The van der Waals surface area contributed by atoms with Crippen molar-refractivity contribution in [2.45, 2.75) is 45.5 Å². The summed E-state index contributed by atoms with van der Waals surface area (Å²) < 4.78 is 39.4. The molecule has 0 bridgehead atoms. The minimum Gasteiger partial charge on any atom is -0.328 e. The molecule has 2 aromatic rings. The van der Waals surface area contributed by atoms with E-state index >= 15 is 0 Å². The second-order valence-electron chi connectivity index (χ2n) is 7.12. The fraction of sp³-hybridized carbons (Fsp3) is 0.389. The van der Waals surface area contributed by atoms with Crippen LogP contribution in [0.5, 0.6) is 0 Å². The van der Waals surface area contributed by atoms with E-state index in [0.717, 1.165) is 11.6 Å². The maximum Gasteiger partial charge on any atom is 0.417 e. The van der Waals surface area contributed by atoms with Gasteiger partial charge in [0.1, 0.15) is 5.82 Å². The molecular weight excluding hydrogens is 331 g/mol. The van der Waals surface area contributed by atoms with Crippen molar-refractivity contribution in [2.24, 2.45) is 0 Å². The highest BCUT2D eigenvalue weighted by Crippen LogP contribution is 2.33. The van der Waals surface area contributed by atoms with E-state index in [1.165, 1.54) is 23.1 Å². The van der Waals surface area contributed by atoms with Gasteiger partial charge < -0.3 is 4.90 Å². The van der Waals surface area contributed by atoms with Crippen LogP contribution >= 0.6 is 0 Å². The predicted molar refractivity (Wildman–Crippen MR) is 85.8 cm³/mol. The molecule has 4 nitrogen and oxygen atoms in total. The van der Waals surface area contributed by atoms with E-state index in [4.69, 9.17) is 0 Å². The molecule has 0 N–H and O–H groups in total. The Morgan fingerprint density at radius 1 is 1.12 bits per heavy atom. The minimum atomic E-state index is -4.57. The topological polar surface area (TPSA) is 46.1 Å². The lowest BCUT2D eigenvalue weighted by atomic mass is 9.95. The summed E-state index contributed by atoms with van der Waals surface area (Å²) in [7, 11) is 0. The van der Waals surface area contributed by atoms with Crippen LogP contribution in [0, 0.1) is 0 Å². The van der Waals surface area contributed by atoms with Crippen LogP contribution in [-0.2, 0) is 24.7 Å². The number of halogens is 3. The van der Waals surface area contributed by atoms with Gasteiger partial charge in [-0.15, -0.1) is 0 Å². The van der Waals surface area contributed by atoms with Crippen molar-refractivity contribution in [1.29, 1.82) is 0 Å². The highest BCUT2D eigenvalue weighted by atomic mass is 19.4. The van der Waals surface area contributed by atoms with Crippen molar-refractivity contribution in [3.8, 4) is 0 Å².